The summed E-state index contributed by atoms with van der Waals surface area (Å²) in [5, 5.41) is 0. The highest BCUT2D eigenvalue weighted by Crippen LogP contribution is 2.23. The van der Waals surface area contributed by atoms with E-state index in [0.717, 1.165) is 35.3 Å². The fraction of sp³-hybridized carbons (Fsp3) is 0.533. The third-order valence-electron chi connectivity index (χ3n) is 3.66. The zero-order chi connectivity index (χ0) is 14.2. The monoisotopic (exact) mass is 260 g/mol. The number of rotatable bonds is 4. The minimum atomic E-state index is -0.163. The highest BCUT2D eigenvalue weighted by Gasteiger charge is 2.15. The van der Waals surface area contributed by atoms with Gasteiger partial charge in [0, 0.05) is 18.6 Å². The Hall–Kier alpha value is -1.39. The lowest BCUT2D eigenvalue weighted by atomic mass is 9.94. The highest BCUT2D eigenvalue weighted by atomic mass is 15.0. The maximum absolute atomic E-state index is 6.25. The molecule has 4 heteroatoms. The summed E-state index contributed by atoms with van der Waals surface area (Å²) in [5.41, 5.74) is 15.4. The molecule has 2 rings (SSSR count). The fourth-order valence-electron chi connectivity index (χ4n) is 2.26. The Labute approximate surface area is 114 Å². The molecule has 1 aromatic carbocycles. The van der Waals surface area contributed by atoms with E-state index in [-0.39, 0.29) is 11.6 Å². The van der Waals surface area contributed by atoms with Crippen molar-refractivity contribution in [3.05, 3.63) is 29.6 Å². The molecule has 0 amide bonds. The molecule has 0 saturated heterocycles. The molecule has 4 nitrogen and oxygen atoms in total. The second-order valence-corrected chi connectivity index (χ2v) is 6.10. The summed E-state index contributed by atoms with van der Waals surface area (Å²) in [6.45, 7) is 6.08. The molecule has 0 aliphatic carbocycles. The van der Waals surface area contributed by atoms with Gasteiger partial charge in [0.25, 0.3) is 0 Å². The van der Waals surface area contributed by atoms with Gasteiger partial charge in [-0.25, -0.2) is 4.98 Å². The van der Waals surface area contributed by atoms with Gasteiger partial charge in [0.2, 0.25) is 0 Å². The molecule has 0 aliphatic heterocycles. The Morgan fingerprint density at radius 3 is 2.68 bits per heavy atom. The molecule has 104 valence electrons. The maximum atomic E-state index is 6.25. The van der Waals surface area contributed by atoms with Crippen molar-refractivity contribution in [2.75, 3.05) is 0 Å². The summed E-state index contributed by atoms with van der Waals surface area (Å²) in [7, 11) is 2.03. The Bertz CT molecular complexity index is 578. The molecule has 0 aliphatic rings. The van der Waals surface area contributed by atoms with Crippen LogP contribution in [0.15, 0.2) is 18.2 Å². The van der Waals surface area contributed by atoms with Crippen LogP contribution in [-0.2, 0) is 7.05 Å². The first-order valence-corrected chi connectivity index (χ1v) is 6.75. The first-order chi connectivity index (χ1) is 8.78. The number of hydrogen-bond acceptors (Lipinski definition) is 3. The number of imidazole rings is 1. The van der Waals surface area contributed by atoms with Crippen molar-refractivity contribution in [1.82, 2.24) is 9.55 Å². The number of aryl methyl sites for hydroxylation is 2. The minimum absolute atomic E-state index is 0.0227. The predicted molar refractivity (Wildman–Crippen MR) is 79.9 cm³/mol. The summed E-state index contributed by atoms with van der Waals surface area (Å²) >= 11 is 0. The molecular weight excluding hydrogens is 236 g/mol. The SMILES string of the molecule is Cc1nc2cc(C(N)CCC(C)(C)N)ccc2n1C. The van der Waals surface area contributed by atoms with Gasteiger partial charge in [-0.15, -0.1) is 0 Å². The van der Waals surface area contributed by atoms with E-state index in [4.69, 9.17) is 11.5 Å². The van der Waals surface area contributed by atoms with Crippen molar-refractivity contribution >= 4 is 11.0 Å². The van der Waals surface area contributed by atoms with Gasteiger partial charge in [-0.05, 0) is 51.3 Å². The highest BCUT2D eigenvalue weighted by molar-refractivity contribution is 5.76. The van der Waals surface area contributed by atoms with Gasteiger partial charge in [0.15, 0.2) is 0 Å². The summed E-state index contributed by atoms with van der Waals surface area (Å²) in [6.07, 6.45) is 1.80. The number of nitrogens with two attached hydrogens (primary N) is 2. The summed E-state index contributed by atoms with van der Waals surface area (Å²) in [6, 6.07) is 6.31. The van der Waals surface area contributed by atoms with Gasteiger partial charge in [0.05, 0.1) is 11.0 Å². The van der Waals surface area contributed by atoms with Crippen LogP contribution in [0.2, 0.25) is 0 Å². The second-order valence-electron chi connectivity index (χ2n) is 6.10. The van der Waals surface area contributed by atoms with Crippen molar-refractivity contribution in [3.8, 4) is 0 Å². The van der Waals surface area contributed by atoms with Gasteiger partial charge < -0.3 is 16.0 Å². The number of hydrogen-bond donors (Lipinski definition) is 2. The van der Waals surface area contributed by atoms with Crippen molar-refractivity contribution < 1.29 is 0 Å². The molecule has 1 heterocycles. The largest absolute Gasteiger partial charge is 0.331 e. The average molecular weight is 260 g/mol. The lowest BCUT2D eigenvalue weighted by Gasteiger charge is -2.21. The first kappa shape index (κ1) is 14.0. The fourth-order valence-corrected chi connectivity index (χ4v) is 2.26. The van der Waals surface area contributed by atoms with Crippen LogP contribution in [0.4, 0.5) is 0 Å². The van der Waals surface area contributed by atoms with E-state index in [2.05, 4.69) is 27.8 Å². The zero-order valence-corrected chi connectivity index (χ0v) is 12.3. The first-order valence-electron chi connectivity index (χ1n) is 6.75. The Balaban J connectivity index is 2.21. The van der Waals surface area contributed by atoms with E-state index >= 15 is 0 Å². The van der Waals surface area contributed by atoms with Crippen LogP contribution in [0.25, 0.3) is 11.0 Å². The average Bonchev–Trinajstić information content (AvgIpc) is 2.61. The van der Waals surface area contributed by atoms with Gasteiger partial charge in [-0.1, -0.05) is 6.07 Å². The molecule has 0 spiro atoms. The predicted octanol–water partition coefficient (Wildman–Crippen LogP) is 2.40. The van der Waals surface area contributed by atoms with E-state index in [1.807, 2.05) is 27.8 Å². The van der Waals surface area contributed by atoms with Crippen molar-refractivity contribution in [2.24, 2.45) is 18.5 Å². The smallest absolute Gasteiger partial charge is 0.106 e. The minimum Gasteiger partial charge on any atom is -0.331 e. The molecule has 1 atom stereocenters. The zero-order valence-electron chi connectivity index (χ0n) is 12.3. The molecular formula is C15H24N4. The maximum Gasteiger partial charge on any atom is 0.106 e. The molecule has 0 bridgehead atoms. The molecule has 0 fully saturated rings. The standard InChI is InChI=1S/C15H24N4/c1-10-18-13-9-11(5-6-14(13)19(10)4)12(16)7-8-15(2,3)17/h5-6,9,12H,7-8,16-17H2,1-4H3. The van der Waals surface area contributed by atoms with Gasteiger partial charge in [0.1, 0.15) is 5.82 Å². The lowest BCUT2D eigenvalue weighted by Crippen LogP contribution is -2.32. The van der Waals surface area contributed by atoms with Crippen LogP contribution in [-0.4, -0.2) is 15.1 Å². The topological polar surface area (TPSA) is 69.9 Å². The molecule has 0 radical (unpaired) electrons. The van der Waals surface area contributed by atoms with Gasteiger partial charge in [-0.2, -0.15) is 0 Å². The van der Waals surface area contributed by atoms with Crippen LogP contribution in [0.1, 0.15) is 44.1 Å². The van der Waals surface area contributed by atoms with Crippen molar-refractivity contribution in [3.63, 3.8) is 0 Å². The second kappa shape index (κ2) is 4.94. The van der Waals surface area contributed by atoms with E-state index < -0.39 is 0 Å². The summed E-state index contributed by atoms with van der Waals surface area (Å²) < 4.78 is 2.09. The van der Waals surface area contributed by atoms with Gasteiger partial charge >= 0.3 is 0 Å². The Morgan fingerprint density at radius 1 is 1.37 bits per heavy atom. The third-order valence-corrected chi connectivity index (χ3v) is 3.66. The third kappa shape index (κ3) is 3.14. The molecule has 4 N–H and O–H groups in total. The Kier molecular flexibility index (Phi) is 3.65. The van der Waals surface area contributed by atoms with Crippen LogP contribution in [0.5, 0.6) is 0 Å². The van der Waals surface area contributed by atoms with E-state index in [1.165, 1.54) is 0 Å². The molecule has 1 aromatic heterocycles. The molecule has 0 saturated carbocycles. The van der Waals surface area contributed by atoms with Crippen LogP contribution >= 0.6 is 0 Å². The van der Waals surface area contributed by atoms with Crippen LogP contribution in [0.3, 0.4) is 0 Å². The number of aromatic nitrogens is 2. The number of nitrogens with zero attached hydrogens (tertiary/aromatic N) is 2. The summed E-state index contributed by atoms with van der Waals surface area (Å²) in [4.78, 5) is 4.55. The van der Waals surface area contributed by atoms with Crippen molar-refractivity contribution in [2.45, 2.75) is 45.2 Å². The number of benzene rings is 1. The summed E-state index contributed by atoms with van der Waals surface area (Å²) in [5.74, 6) is 1.02. The van der Waals surface area contributed by atoms with E-state index in [1.54, 1.807) is 0 Å². The molecule has 19 heavy (non-hydrogen) atoms. The Morgan fingerprint density at radius 2 is 2.05 bits per heavy atom. The van der Waals surface area contributed by atoms with Crippen molar-refractivity contribution in [1.29, 1.82) is 0 Å². The lowest BCUT2D eigenvalue weighted by molar-refractivity contribution is 0.433. The quantitative estimate of drug-likeness (QED) is 0.886. The van der Waals surface area contributed by atoms with Crippen LogP contribution < -0.4 is 11.5 Å². The van der Waals surface area contributed by atoms with E-state index in [9.17, 15) is 0 Å². The molecule has 1 unspecified atom stereocenters. The van der Waals surface area contributed by atoms with Gasteiger partial charge in [-0.3, -0.25) is 0 Å². The van der Waals surface area contributed by atoms with E-state index in [0.29, 0.717) is 0 Å². The molecule has 2 aromatic rings. The van der Waals surface area contributed by atoms with Crippen LogP contribution in [0, 0.1) is 6.92 Å². The number of fused-ring (bicyclic) bond motifs is 1. The normalized spacial score (nSPS) is 14.0.